The largest absolute Gasteiger partial charge is 0.347 e. The highest BCUT2D eigenvalue weighted by molar-refractivity contribution is 6.32. The highest BCUT2D eigenvalue weighted by Gasteiger charge is 2.25. The van der Waals surface area contributed by atoms with Crippen LogP contribution in [0.1, 0.15) is 38.4 Å². The van der Waals surface area contributed by atoms with Crippen LogP contribution < -0.4 is 10.6 Å². The number of hydrogen-bond acceptors (Lipinski definition) is 5. The second kappa shape index (κ2) is 7.59. The number of alkyl halides is 1. The molecule has 0 bridgehead atoms. The summed E-state index contributed by atoms with van der Waals surface area (Å²) in [6.45, 7) is 5.30. The summed E-state index contributed by atoms with van der Waals surface area (Å²) < 4.78 is 15.6. The SMILES string of the molecule is CCC(C)c1nc(Cl)c2cnc(N[C@@H]3CCNC[C@H]3F)nn12.Cl. The third kappa shape index (κ3) is 3.67. The van der Waals surface area contributed by atoms with Gasteiger partial charge in [-0.2, -0.15) is 0 Å². The van der Waals surface area contributed by atoms with Gasteiger partial charge in [0.2, 0.25) is 5.95 Å². The monoisotopic (exact) mass is 362 g/mol. The lowest BCUT2D eigenvalue weighted by Crippen LogP contribution is -2.45. The highest BCUT2D eigenvalue weighted by Crippen LogP contribution is 2.24. The average Bonchev–Trinajstić information content (AvgIpc) is 2.85. The zero-order valence-electron chi connectivity index (χ0n) is 13.1. The van der Waals surface area contributed by atoms with E-state index in [1.54, 1.807) is 10.7 Å². The molecule has 9 heteroatoms. The first-order valence-electron chi connectivity index (χ1n) is 7.62. The summed E-state index contributed by atoms with van der Waals surface area (Å²) in [7, 11) is 0. The summed E-state index contributed by atoms with van der Waals surface area (Å²) in [5.74, 6) is 1.44. The summed E-state index contributed by atoms with van der Waals surface area (Å²) in [6.07, 6.45) is 2.31. The molecule has 2 aromatic rings. The predicted octanol–water partition coefficient (Wildman–Crippen LogP) is 2.82. The number of rotatable bonds is 4. The molecule has 6 nitrogen and oxygen atoms in total. The number of hydrogen-bond donors (Lipinski definition) is 2. The minimum absolute atomic E-state index is 0. The molecule has 0 radical (unpaired) electrons. The van der Waals surface area contributed by atoms with E-state index < -0.39 is 6.17 Å². The van der Waals surface area contributed by atoms with E-state index in [1.807, 2.05) is 0 Å². The van der Waals surface area contributed by atoms with E-state index in [0.29, 0.717) is 29.6 Å². The number of piperidine rings is 1. The van der Waals surface area contributed by atoms with Crippen LogP contribution in [0.15, 0.2) is 6.20 Å². The van der Waals surface area contributed by atoms with Gasteiger partial charge in [-0.05, 0) is 19.4 Å². The van der Waals surface area contributed by atoms with Gasteiger partial charge in [-0.25, -0.2) is 18.9 Å². The molecule has 0 amide bonds. The van der Waals surface area contributed by atoms with Crippen LogP contribution in [0, 0.1) is 0 Å². The van der Waals surface area contributed by atoms with Crippen molar-refractivity contribution >= 4 is 35.5 Å². The van der Waals surface area contributed by atoms with Gasteiger partial charge in [-0.1, -0.05) is 25.4 Å². The summed E-state index contributed by atoms with van der Waals surface area (Å²) >= 11 is 6.15. The Morgan fingerprint density at radius 3 is 3.04 bits per heavy atom. The van der Waals surface area contributed by atoms with Gasteiger partial charge in [-0.15, -0.1) is 17.5 Å². The van der Waals surface area contributed by atoms with Gasteiger partial charge in [0.15, 0.2) is 5.15 Å². The molecular formula is C14H21Cl2FN6. The van der Waals surface area contributed by atoms with Gasteiger partial charge in [0.1, 0.15) is 17.5 Å². The Balaban J connectivity index is 0.00000192. The molecule has 1 saturated heterocycles. The topological polar surface area (TPSA) is 67.1 Å². The van der Waals surface area contributed by atoms with Crippen molar-refractivity contribution in [1.29, 1.82) is 0 Å². The molecule has 1 fully saturated rings. The molecule has 0 spiro atoms. The Kier molecular flexibility index (Phi) is 6.00. The first-order valence-corrected chi connectivity index (χ1v) is 8.00. The fourth-order valence-electron chi connectivity index (χ4n) is 2.59. The Labute approximate surface area is 145 Å². The van der Waals surface area contributed by atoms with Crippen LogP contribution in [-0.2, 0) is 0 Å². The second-order valence-electron chi connectivity index (χ2n) is 5.71. The highest BCUT2D eigenvalue weighted by atomic mass is 35.5. The van der Waals surface area contributed by atoms with Crippen LogP contribution in [-0.4, -0.2) is 44.9 Å². The lowest BCUT2D eigenvalue weighted by atomic mass is 10.1. The van der Waals surface area contributed by atoms with Crippen LogP contribution >= 0.6 is 24.0 Å². The van der Waals surface area contributed by atoms with Gasteiger partial charge in [0.05, 0.1) is 12.2 Å². The Bertz CT molecular complexity index is 664. The summed E-state index contributed by atoms with van der Waals surface area (Å²) in [4.78, 5) is 8.62. The van der Waals surface area contributed by atoms with Gasteiger partial charge in [0.25, 0.3) is 0 Å². The van der Waals surface area contributed by atoms with Crippen molar-refractivity contribution in [2.75, 3.05) is 18.4 Å². The van der Waals surface area contributed by atoms with Crippen molar-refractivity contribution in [3.63, 3.8) is 0 Å². The van der Waals surface area contributed by atoms with E-state index in [0.717, 1.165) is 18.8 Å². The molecule has 0 aliphatic carbocycles. The second-order valence-corrected chi connectivity index (χ2v) is 6.07. The number of fused-ring (bicyclic) bond motifs is 1. The first kappa shape index (κ1) is 18.2. The molecule has 3 heterocycles. The maximum absolute atomic E-state index is 13.9. The van der Waals surface area contributed by atoms with E-state index in [4.69, 9.17) is 11.6 Å². The van der Waals surface area contributed by atoms with Crippen LogP contribution in [0.2, 0.25) is 5.15 Å². The van der Waals surface area contributed by atoms with E-state index >= 15 is 0 Å². The van der Waals surface area contributed by atoms with Crippen LogP contribution in [0.25, 0.3) is 5.52 Å². The molecule has 1 unspecified atom stereocenters. The quantitative estimate of drug-likeness (QED) is 0.875. The standard InChI is InChI=1S/C14H20ClFN6.ClH/c1-3-8(2)13-20-12(15)11-7-18-14(21-22(11)13)19-10-4-5-17-6-9(10)16;/h7-10,17H,3-6H2,1-2H3,(H,19,21);1H/t8?,9-,10-;/m1./s1. The molecular weight excluding hydrogens is 342 g/mol. The van der Waals surface area contributed by atoms with Crippen molar-refractivity contribution in [1.82, 2.24) is 24.9 Å². The van der Waals surface area contributed by atoms with Crippen molar-refractivity contribution < 1.29 is 4.39 Å². The van der Waals surface area contributed by atoms with Gasteiger partial charge in [0, 0.05) is 12.5 Å². The number of imidazole rings is 1. The maximum atomic E-state index is 13.9. The molecule has 128 valence electrons. The number of anilines is 1. The number of aromatic nitrogens is 4. The van der Waals surface area contributed by atoms with Crippen molar-refractivity contribution in [3.05, 3.63) is 17.2 Å². The summed E-state index contributed by atoms with van der Waals surface area (Å²) in [5, 5.41) is 11.0. The maximum Gasteiger partial charge on any atom is 0.241 e. The van der Waals surface area contributed by atoms with Crippen LogP contribution in [0.5, 0.6) is 0 Å². The zero-order chi connectivity index (χ0) is 15.7. The Morgan fingerprint density at radius 2 is 2.35 bits per heavy atom. The minimum atomic E-state index is -0.951. The van der Waals surface area contributed by atoms with Crippen molar-refractivity contribution in [3.8, 4) is 0 Å². The fraction of sp³-hybridized carbons (Fsp3) is 0.643. The van der Waals surface area contributed by atoms with E-state index in [9.17, 15) is 4.39 Å². The van der Waals surface area contributed by atoms with Crippen LogP contribution in [0.3, 0.4) is 0 Å². The minimum Gasteiger partial charge on any atom is -0.347 e. The lowest BCUT2D eigenvalue weighted by Gasteiger charge is -2.27. The number of nitrogens with zero attached hydrogens (tertiary/aromatic N) is 4. The molecule has 1 aliphatic heterocycles. The molecule has 3 atom stereocenters. The van der Waals surface area contributed by atoms with E-state index in [-0.39, 0.29) is 24.4 Å². The Hall–Kier alpha value is -1.18. The zero-order valence-corrected chi connectivity index (χ0v) is 14.7. The van der Waals surface area contributed by atoms with Gasteiger partial charge >= 0.3 is 0 Å². The van der Waals surface area contributed by atoms with Gasteiger partial charge < -0.3 is 10.6 Å². The summed E-state index contributed by atoms with van der Waals surface area (Å²) in [5.41, 5.74) is 0.671. The van der Waals surface area contributed by atoms with Gasteiger partial charge in [-0.3, -0.25) is 0 Å². The molecule has 0 saturated carbocycles. The molecule has 23 heavy (non-hydrogen) atoms. The van der Waals surface area contributed by atoms with Crippen molar-refractivity contribution in [2.45, 2.75) is 44.8 Å². The molecule has 0 aromatic carbocycles. The number of nitrogens with one attached hydrogen (secondary N) is 2. The van der Waals surface area contributed by atoms with E-state index in [2.05, 4.69) is 39.5 Å². The molecule has 2 N–H and O–H groups in total. The third-order valence-corrected chi connectivity index (χ3v) is 4.43. The third-order valence-electron chi connectivity index (χ3n) is 4.15. The average molecular weight is 363 g/mol. The normalized spacial score (nSPS) is 22.6. The smallest absolute Gasteiger partial charge is 0.241 e. The summed E-state index contributed by atoms with van der Waals surface area (Å²) in [6, 6.07) is -0.273. The lowest BCUT2D eigenvalue weighted by molar-refractivity contribution is 0.244. The predicted molar refractivity (Wildman–Crippen MR) is 91.5 cm³/mol. The molecule has 2 aromatic heterocycles. The fourth-order valence-corrected chi connectivity index (χ4v) is 2.80. The molecule has 1 aliphatic rings. The van der Waals surface area contributed by atoms with Crippen molar-refractivity contribution in [2.24, 2.45) is 0 Å². The van der Waals surface area contributed by atoms with Crippen LogP contribution in [0.4, 0.5) is 10.3 Å². The molecule has 3 rings (SSSR count). The first-order chi connectivity index (χ1) is 10.6. The Morgan fingerprint density at radius 1 is 1.57 bits per heavy atom. The van der Waals surface area contributed by atoms with E-state index in [1.165, 1.54) is 0 Å². The number of halogens is 3.